The fraction of sp³-hybridized carbons (Fsp3) is 0.333. The number of hydrogen-bond donors (Lipinski definition) is 3. The van der Waals surface area contributed by atoms with Crippen LogP contribution in [0.2, 0.25) is 0 Å². The molecule has 0 unspecified atom stereocenters. The lowest BCUT2D eigenvalue weighted by molar-refractivity contribution is -0.141. The molecule has 0 aromatic carbocycles. The molecule has 1 heterocycles. The van der Waals surface area contributed by atoms with Gasteiger partial charge in [0.15, 0.2) is 0 Å². The second-order valence-corrected chi connectivity index (χ2v) is 3.09. The summed E-state index contributed by atoms with van der Waals surface area (Å²) >= 11 is 0. The van der Waals surface area contributed by atoms with Crippen LogP contribution >= 0.6 is 0 Å². The fourth-order valence-electron chi connectivity index (χ4n) is 1.08. The maximum atomic E-state index is 12.2. The molecule has 0 radical (unpaired) electrons. The maximum Gasteiger partial charge on any atom is 0.431 e. The van der Waals surface area contributed by atoms with E-state index in [9.17, 15) is 22.8 Å². The first-order valence-electron chi connectivity index (χ1n) is 4.56. The van der Waals surface area contributed by atoms with Gasteiger partial charge in [0, 0.05) is 6.54 Å². The maximum absolute atomic E-state index is 12.2. The summed E-state index contributed by atoms with van der Waals surface area (Å²) in [4.78, 5) is 24.0. The van der Waals surface area contributed by atoms with Gasteiger partial charge in [0.1, 0.15) is 11.3 Å². The number of carbonyl (C=O) groups is 1. The van der Waals surface area contributed by atoms with Crippen LogP contribution in [0.3, 0.4) is 0 Å². The smallest absolute Gasteiger partial charge is 0.395 e. The monoisotopic (exact) mass is 250 g/mol. The van der Waals surface area contributed by atoms with Gasteiger partial charge in [-0.1, -0.05) is 0 Å². The molecule has 1 rings (SSSR count). The highest BCUT2D eigenvalue weighted by Gasteiger charge is 2.32. The summed E-state index contributed by atoms with van der Waals surface area (Å²) in [5.74, 6) is -0.839. The third kappa shape index (κ3) is 3.31. The van der Waals surface area contributed by atoms with E-state index in [-0.39, 0.29) is 13.2 Å². The Morgan fingerprint density at radius 3 is 2.53 bits per heavy atom. The van der Waals surface area contributed by atoms with E-state index in [0.29, 0.717) is 6.07 Å². The summed E-state index contributed by atoms with van der Waals surface area (Å²) in [6.07, 6.45) is -4.67. The molecule has 1 aromatic heterocycles. The Bertz CT molecular complexity index is 467. The molecule has 3 N–H and O–H groups in total. The van der Waals surface area contributed by atoms with Gasteiger partial charge in [-0.3, -0.25) is 9.59 Å². The average Bonchev–Trinajstić information content (AvgIpc) is 2.24. The van der Waals surface area contributed by atoms with Crippen molar-refractivity contribution in [1.29, 1.82) is 0 Å². The molecular weight excluding hydrogens is 241 g/mol. The van der Waals surface area contributed by atoms with Crippen LogP contribution in [0.15, 0.2) is 16.9 Å². The lowest BCUT2D eigenvalue weighted by Gasteiger charge is -2.07. The molecule has 1 amide bonds. The van der Waals surface area contributed by atoms with E-state index in [1.807, 2.05) is 0 Å². The predicted molar refractivity (Wildman–Crippen MR) is 51.5 cm³/mol. The molecule has 0 saturated carbocycles. The van der Waals surface area contributed by atoms with Gasteiger partial charge in [-0.2, -0.15) is 13.2 Å². The lowest BCUT2D eigenvalue weighted by Crippen LogP contribution is -2.32. The van der Waals surface area contributed by atoms with E-state index < -0.39 is 28.9 Å². The molecule has 17 heavy (non-hydrogen) atoms. The van der Waals surface area contributed by atoms with E-state index in [1.165, 1.54) is 0 Å². The molecule has 94 valence electrons. The van der Waals surface area contributed by atoms with Crippen molar-refractivity contribution in [3.05, 3.63) is 33.7 Å². The number of aliphatic hydroxyl groups excluding tert-OH is 1. The third-order valence-corrected chi connectivity index (χ3v) is 1.86. The zero-order valence-electron chi connectivity index (χ0n) is 8.47. The second-order valence-electron chi connectivity index (χ2n) is 3.09. The number of halogens is 3. The molecule has 5 nitrogen and oxygen atoms in total. The first kappa shape index (κ1) is 13.2. The lowest BCUT2D eigenvalue weighted by atomic mass is 10.2. The molecule has 8 heteroatoms. The Morgan fingerprint density at radius 2 is 2.06 bits per heavy atom. The fourth-order valence-corrected chi connectivity index (χ4v) is 1.08. The number of rotatable bonds is 3. The number of aliphatic hydroxyl groups is 1. The van der Waals surface area contributed by atoms with Gasteiger partial charge in [-0.15, -0.1) is 0 Å². The van der Waals surface area contributed by atoms with Crippen molar-refractivity contribution in [3.63, 3.8) is 0 Å². The highest BCUT2D eigenvalue weighted by molar-refractivity contribution is 5.93. The molecular formula is C9H9F3N2O3. The van der Waals surface area contributed by atoms with Crippen molar-refractivity contribution in [2.24, 2.45) is 0 Å². The topological polar surface area (TPSA) is 82.2 Å². The SMILES string of the molecule is O=C(NCCO)c1ccc(C(F)(F)F)[nH]c1=O. The van der Waals surface area contributed by atoms with E-state index in [4.69, 9.17) is 5.11 Å². The van der Waals surface area contributed by atoms with Gasteiger partial charge in [0.25, 0.3) is 11.5 Å². The summed E-state index contributed by atoms with van der Waals surface area (Å²) in [6.45, 7) is -0.413. The van der Waals surface area contributed by atoms with Crippen molar-refractivity contribution in [1.82, 2.24) is 10.3 Å². The summed E-state index contributed by atoms with van der Waals surface area (Å²) in [6, 6.07) is 1.39. The molecule has 0 aliphatic heterocycles. The summed E-state index contributed by atoms with van der Waals surface area (Å²) in [5.41, 5.74) is -2.79. The number of aromatic amines is 1. The van der Waals surface area contributed by atoms with Crippen molar-refractivity contribution in [2.45, 2.75) is 6.18 Å². The van der Waals surface area contributed by atoms with Gasteiger partial charge in [0.2, 0.25) is 0 Å². The van der Waals surface area contributed by atoms with Crippen molar-refractivity contribution < 1.29 is 23.1 Å². The highest BCUT2D eigenvalue weighted by Crippen LogP contribution is 2.26. The number of H-pyrrole nitrogens is 1. The van der Waals surface area contributed by atoms with E-state index in [2.05, 4.69) is 5.32 Å². The number of alkyl halides is 3. The molecule has 0 bridgehead atoms. The largest absolute Gasteiger partial charge is 0.431 e. The Kier molecular flexibility index (Phi) is 3.89. The van der Waals surface area contributed by atoms with E-state index in [0.717, 1.165) is 6.07 Å². The first-order chi connectivity index (χ1) is 7.86. The molecule has 0 aliphatic carbocycles. The molecule has 0 atom stereocenters. The number of hydrogen-bond acceptors (Lipinski definition) is 3. The predicted octanol–water partition coefficient (Wildman–Crippen LogP) is 0.116. The minimum atomic E-state index is -4.67. The van der Waals surface area contributed by atoms with E-state index in [1.54, 1.807) is 4.98 Å². The quantitative estimate of drug-likeness (QED) is 0.712. The van der Waals surface area contributed by atoms with Crippen LogP contribution in [0, 0.1) is 0 Å². The molecule has 0 saturated heterocycles. The number of aromatic nitrogens is 1. The standard InChI is InChI=1S/C9H9F3N2O3/c10-9(11,12)6-2-1-5(8(17)14-6)7(16)13-3-4-15/h1-2,15H,3-4H2,(H,13,16)(H,14,17). The number of nitrogens with one attached hydrogen (secondary N) is 2. The van der Waals surface area contributed by atoms with Crippen LogP contribution in [0.25, 0.3) is 0 Å². The zero-order chi connectivity index (χ0) is 13.1. The van der Waals surface area contributed by atoms with Crippen LogP contribution in [0.4, 0.5) is 13.2 Å². The van der Waals surface area contributed by atoms with Crippen LogP contribution in [0.5, 0.6) is 0 Å². The number of pyridine rings is 1. The number of carbonyl (C=O) groups excluding carboxylic acids is 1. The van der Waals surface area contributed by atoms with Crippen LogP contribution in [0.1, 0.15) is 16.1 Å². The van der Waals surface area contributed by atoms with Crippen molar-refractivity contribution in [3.8, 4) is 0 Å². The van der Waals surface area contributed by atoms with Gasteiger partial charge < -0.3 is 15.4 Å². The van der Waals surface area contributed by atoms with Crippen molar-refractivity contribution in [2.75, 3.05) is 13.2 Å². The van der Waals surface area contributed by atoms with Gasteiger partial charge in [-0.05, 0) is 12.1 Å². The first-order valence-corrected chi connectivity index (χ1v) is 4.56. The van der Waals surface area contributed by atoms with Crippen LogP contribution in [-0.2, 0) is 6.18 Å². The minimum absolute atomic E-state index is 0.0840. The van der Waals surface area contributed by atoms with E-state index >= 15 is 0 Å². The minimum Gasteiger partial charge on any atom is -0.395 e. The van der Waals surface area contributed by atoms with Crippen molar-refractivity contribution >= 4 is 5.91 Å². The van der Waals surface area contributed by atoms with Crippen LogP contribution < -0.4 is 10.9 Å². The zero-order valence-corrected chi connectivity index (χ0v) is 8.47. The van der Waals surface area contributed by atoms with Gasteiger partial charge >= 0.3 is 6.18 Å². The molecule has 0 spiro atoms. The summed E-state index contributed by atoms with van der Waals surface area (Å²) in [5, 5.41) is 10.6. The van der Waals surface area contributed by atoms with Gasteiger partial charge in [-0.25, -0.2) is 0 Å². The summed E-state index contributed by atoms with van der Waals surface area (Å²) in [7, 11) is 0. The number of amides is 1. The molecule has 0 fully saturated rings. The second kappa shape index (κ2) is 5.00. The molecule has 0 aliphatic rings. The Labute approximate surface area is 93.3 Å². The Morgan fingerprint density at radius 1 is 1.41 bits per heavy atom. The Balaban J connectivity index is 2.99. The normalized spacial score (nSPS) is 11.3. The van der Waals surface area contributed by atoms with Gasteiger partial charge in [0.05, 0.1) is 6.61 Å². The average molecular weight is 250 g/mol. The molecule has 1 aromatic rings. The third-order valence-electron chi connectivity index (χ3n) is 1.86. The Hall–Kier alpha value is -1.83. The van der Waals surface area contributed by atoms with Crippen LogP contribution in [-0.4, -0.2) is 29.1 Å². The highest BCUT2D eigenvalue weighted by atomic mass is 19.4. The summed E-state index contributed by atoms with van der Waals surface area (Å²) < 4.78 is 36.6.